The molecule has 0 saturated carbocycles. The number of hydrogen-bond donors (Lipinski definition) is 2. The van der Waals surface area contributed by atoms with Crippen LogP contribution in [0.25, 0.3) is 0 Å². The molecule has 0 saturated heterocycles. The molecule has 0 aliphatic heterocycles. The van der Waals surface area contributed by atoms with Gasteiger partial charge in [0.1, 0.15) is 5.82 Å². The predicted molar refractivity (Wildman–Crippen MR) is 89.7 cm³/mol. The van der Waals surface area contributed by atoms with E-state index in [-0.39, 0.29) is 5.91 Å². The van der Waals surface area contributed by atoms with Gasteiger partial charge in [0.05, 0.1) is 11.9 Å². The first-order valence-electron chi connectivity index (χ1n) is 6.81. The third-order valence-electron chi connectivity index (χ3n) is 2.81. The third-order valence-corrected chi connectivity index (χ3v) is 3.30. The zero-order chi connectivity index (χ0) is 15.2. The van der Waals surface area contributed by atoms with Gasteiger partial charge in [-0.1, -0.05) is 35.8 Å². The summed E-state index contributed by atoms with van der Waals surface area (Å²) in [5.41, 5.74) is 1.54. The van der Waals surface area contributed by atoms with Crippen molar-refractivity contribution < 1.29 is 4.79 Å². The van der Waals surface area contributed by atoms with Gasteiger partial charge in [0.25, 0.3) is 5.91 Å². The average molecular weight is 348 g/mol. The molecule has 0 unspecified atom stereocenters. The molecular formula is C16H18BrN3O. The summed E-state index contributed by atoms with van der Waals surface area (Å²) in [4.78, 5) is 16.3. The second-order valence-electron chi connectivity index (χ2n) is 5.17. The monoisotopic (exact) mass is 347 g/mol. The van der Waals surface area contributed by atoms with Crippen LogP contribution in [0.1, 0.15) is 24.2 Å². The third kappa shape index (κ3) is 4.86. The molecule has 5 heteroatoms. The number of nitrogens with zero attached hydrogens (tertiary/aromatic N) is 1. The first-order chi connectivity index (χ1) is 10.0. The number of benzene rings is 1. The van der Waals surface area contributed by atoms with Crippen LogP contribution in [0, 0.1) is 5.92 Å². The minimum atomic E-state index is -0.174. The number of amides is 1. The van der Waals surface area contributed by atoms with Gasteiger partial charge in [-0.15, -0.1) is 0 Å². The van der Waals surface area contributed by atoms with Gasteiger partial charge < -0.3 is 10.6 Å². The molecule has 0 radical (unpaired) electrons. The molecule has 4 nitrogen and oxygen atoms in total. The highest BCUT2D eigenvalue weighted by atomic mass is 79.9. The van der Waals surface area contributed by atoms with Crippen LogP contribution in [-0.2, 0) is 0 Å². The second kappa shape index (κ2) is 7.22. The van der Waals surface area contributed by atoms with Gasteiger partial charge in [0.2, 0.25) is 0 Å². The van der Waals surface area contributed by atoms with Crippen molar-refractivity contribution in [2.75, 3.05) is 17.2 Å². The SMILES string of the molecule is CC(C)CNc1ccc(NC(=O)c2cccc(Br)c2)nc1. The Hall–Kier alpha value is -1.88. The van der Waals surface area contributed by atoms with Crippen molar-refractivity contribution in [3.05, 3.63) is 52.6 Å². The van der Waals surface area contributed by atoms with Gasteiger partial charge in [-0.05, 0) is 36.2 Å². The van der Waals surface area contributed by atoms with E-state index in [1.165, 1.54) is 0 Å². The minimum Gasteiger partial charge on any atom is -0.384 e. The molecule has 2 aromatic rings. The van der Waals surface area contributed by atoms with Gasteiger partial charge >= 0.3 is 0 Å². The van der Waals surface area contributed by atoms with Gasteiger partial charge in [0, 0.05) is 16.6 Å². The Bertz CT molecular complexity index is 611. The van der Waals surface area contributed by atoms with Crippen molar-refractivity contribution in [2.45, 2.75) is 13.8 Å². The maximum Gasteiger partial charge on any atom is 0.256 e. The van der Waals surface area contributed by atoms with Crippen LogP contribution in [0.15, 0.2) is 47.1 Å². The zero-order valence-corrected chi connectivity index (χ0v) is 13.6. The van der Waals surface area contributed by atoms with Crippen molar-refractivity contribution in [2.24, 2.45) is 5.92 Å². The smallest absolute Gasteiger partial charge is 0.256 e. The number of pyridine rings is 1. The first-order valence-corrected chi connectivity index (χ1v) is 7.61. The number of carbonyl (C=O) groups excluding carboxylic acids is 1. The highest BCUT2D eigenvalue weighted by Crippen LogP contribution is 2.14. The summed E-state index contributed by atoms with van der Waals surface area (Å²) in [5, 5.41) is 6.06. The molecule has 21 heavy (non-hydrogen) atoms. The van der Waals surface area contributed by atoms with Crippen LogP contribution in [-0.4, -0.2) is 17.4 Å². The van der Waals surface area contributed by atoms with E-state index in [1.54, 1.807) is 24.4 Å². The lowest BCUT2D eigenvalue weighted by Gasteiger charge is -2.09. The van der Waals surface area contributed by atoms with E-state index in [4.69, 9.17) is 0 Å². The number of nitrogens with one attached hydrogen (secondary N) is 2. The van der Waals surface area contributed by atoms with Crippen molar-refractivity contribution in [3.63, 3.8) is 0 Å². The molecule has 0 fully saturated rings. The van der Waals surface area contributed by atoms with E-state index in [0.717, 1.165) is 16.7 Å². The van der Waals surface area contributed by atoms with Gasteiger partial charge in [0.15, 0.2) is 0 Å². The van der Waals surface area contributed by atoms with E-state index in [1.807, 2.05) is 18.2 Å². The molecule has 0 aliphatic carbocycles. The Balaban J connectivity index is 1.98. The molecule has 110 valence electrons. The Morgan fingerprint density at radius 2 is 2.10 bits per heavy atom. The van der Waals surface area contributed by atoms with Crippen molar-refractivity contribution in [1.82, 2.24) is 4.98 Å². The van der Waals surface area contributed by atoms with Crippen LogP contribution in [0.2, 0.25) is 0 Å². The van der Waals surface area contributed by atoms with E-state index in [2.05, 4.69) is 45.4 Å². The quantitative estimate of drug-likeness (QED) is 0.853. The Morgan fingerprint density at radius 1 is 1.29 bits per heavy atom. The van der Waals surface area contributed by atoms with Gasteiger partial charge in [-0.2, -0.15) is 0 Å². The summed E-state index contributed by atoms with van der Waals surface area (Å²) < 4.78 is 0.872. The summed E-state index contributed by atoms with van der Waals surface area (Å²) in [7, 11) is 0. The number of carbonyl (C=O) groups is 1. The van der Waals surface area contributed by atoms with Crippen molar-refractivity contribution >= 4 is 33.3 Å². The normalized spacial score (nSPS) is 10.5. The summed E-state index contributed by atoms with van der Waals surface area (Å²) in [6.45, 7) is 5.19. The molecule has 1 heterocycles. The Kier molecular flexibility index (Phi) is 5.33. The Morgan fingerprint density at radius 3 is 2.71 bits per heavy atom. The van der Waals surface area contributed by atoms with E-state index in [0.29, 0.717) is 17.3 Å². The van der Waals surface area contributed by atoms with Crippen LogP contribution in [0.3, 0.4) is 0 Å². The van der Waals surface area contributed by atoms with Gasteiger partial charge in [-0.3, -0.25) is 4.79 Å². The highest BCUT2D eigenvalue weighted by Gasteiger charge is 2.07. The molecule has 2 N–H and O–H groups in total. The number of hydrogen-bond acceptors (Lipinski definition) is 3. The average Bonchev–Trinajstić information content (AvgIpc) is 2.46. The second-order valence-corrected chi connectivity index (χ2v) is 6.09. The Labute approximate surface area is 133 Å². The van der Waals surface area contributed by atoms with E-state index in [9.17, 15) is 4.79 Å². The fraction of sp³-hybridized carbons (Fsp3) is 0.250. The number of aromatic nitrogens is 1. The fourth-order valence-electron chi connectivity index (χ4n) is 1.71. The summed E-state index contributed by atoms with van der Waals surface area (Å²) in [6.07, 6.45) is 1.72. The molecule has 1 aromatic heterocycles. The first kappa shape index (κ1) is 15.5. The fourth-order valence-corrected chi connectivity index (χ4v) is 2.11. The largest absolute Gasteiger partial charge is 0.384 e. The van der Waals surface area contributed by atoms with Crippen molar-refractivity contribution in [3.8, 4) is 0 Å². The maximum atomic E-state index is 12.1. The molecular weight excluding hydrogens is 330 g/mol. The standard InChI is InChI=1S/C16H18BrN3O/c1-11(2)9-18-14-6-7-15(19-10-14)20-16(21)12-4-3-5-13(17)8-12/h3-8,10-11,18H,9H2,1-2H3,(H,19,20,21). The zero-order valence-electron chi connectivity index (χ0n) is 12.1. The lowest BCUT2D eigenvalue weighted by atomic mass is 10.2. The number of halogens is 1. The van der Waals surface area contributed by atoms with Crippen LogP contribution in [0.4, 0.5) is 11.5 Å². The lowest BCUT2D eigenvalue weighted by molar-refractivity contribution is 0.102. The molecule has 0 spiro atoms. The summed E-state index contributed by atoms with van der Waals surface area (Å²) in [6, 6.07) is 10.9. The minimum absolute atomic E-state index is 0.174. The number of anilines is 2. The maximum absolute atomic E-state index is 12.1. The van der Waals surface area contributed by atoms with Crippen LogP contribution < -0.4 is 10.6 Å². The highest BCUT2D eigenvalue weighted by molar-refractivity contribution is 9.10. The summed E-state index contributed by atoms with van der Waals surface area (Å²) >= 11 is 3.35. The molecule has 0 bridgehead atoms. The summed E-state index contributed by atoms with van der Waals surface area (Å²) in [5.74, 6) is 0.933. The van der Waals surface area contributed by atoms with Gasteiger partial charge in [-0.25, -0.2) is 4.98 Å². The van der Waals surface area contributed by atoms with E-state index < -0.39 is 0 Å². The molecule has 1 aromatic carbocycles. The molecule has 0 aliphatic rings. The topological polar surface area (TPSA) is 54.0 Å². The van der Waals surface area contributed by atoms with E-state index >= 15 is 0 Å². The molecule has 1 amide bonds. The molecule has 0 atom stereocenters. The lowest BCUT2D eigenvalue weighted by Crippen LogP contribution is -2.13. The molecule has 2 rings (SSSR count). The predicted octanol–water partition coefficient (Wildman–Crippen LogP) is 4.16. The van der Waals surface area contributed by atoms with Crippen molar-refractivity contribution in [1.29, 1.82) is 0 Å². The number of rotatable bonds is 5. The van der Waals surface area contributed by atoms with Crippen LogP contribution in [0.5, 0.6) is 0 Å². The van der Waals surface area contributed by atoms with Crippen LogP contribution >= 0.6 is 15.9 Å².